The van der Waals surface area contributed by atoms with Gasteiger partial charge in [-0.25, -0.2) is 9.59 Å². The Kier molecular flexibility index (Phi) is 6.56. The van der Waals surface area contributed by atoms with Gasteiger partial charge in [0.25, 0.3) is 0 Å². The molecule has 5 nitrogen and oxygen atoms in total. The maximum atomic E-state index is 11.6. The molecule has 1 atom stereocenters. The first kappa shape index (κ1) is 16.0. The molecule has 0 aliphatic rings. The van der Waals surface area contributed by atoms with E-state index < -0.39 is 5.97 Å². The number of aromatic carboxylic acids is 1. The lowest BCUT2D eigenvalue weighted by Gasteiger charge is -2.14. The zero-order valence-electron chi connectivity index (χ0n) is 12.0. The molecule has 1 rings (SSSR count). The predicted octanol–water partition coefficient (Wildman–Crippen LogP) is 2.76. The molecule has 0 fully saturated rings. The number of hydrogen-bond donors (Lipinski definition) is 3. The molecule has 0 aliphatic heterocycles. The molecule has 1 aromatic rings. The Bertz CT molecular complexity index is 443. The summed E-state index contributed by atoms with van der Waals surface area (Å²) < 4.78 is 0. The SMILES string of the molecule is CCCCC(C)NC(=O)NCc1ccc(C(=O)O)cc1. The van der Waals surface area contributed by atoms with E-state index in [1.54, 1.807) is 12.1 Å². The summed E-state index contributed by atoms with van der Waals surface area (Å²) in [6.07, 6.45) is 3.18. The van der Waals surface area contributed by atoms with Crippen molar-refractivity contribution >= 4 is 12.0 Å². The number of rotatable bonds is 7. The third kappa shape index (κ3) is 5.73. The van der Waals surface area contributed by atoms with Crippen LogP contribution in [0.15, 0.2) is 24.3 Å². The first-order valence-electron chi connectivity index (χ1n) is 6.89. The summed E-state index contributed by atoms with van der Waals surface area (Å²) in [5.74, 6) is -0.952. The molecular formula is C15H22N2O3. The standard InChI is InChI=1S/C15H22N2O3/c1-3-4-5-11(2)17-15(20)16-10-12-6-8-13(9-7-12)14(18)19/h6-9,11H,3-5,10H2,1-2H3,(H,18,19)(H2,16,17,20). The zero-order valence-corrected chi connectivity index (χ0v) is 12.0. The van der Waals surface area contributed by atoms with Crippen LogP contribution in [-0.4, -0.2) is 23.1 Å². The van der Waals surface area contributed by atoms with Gasteiger partial charge in [-0.1, -0.05) is 31.9 Å². The van der Waals surface area contributed by atoms with Crippen molar-refractivity contribution in [2.75, 3.05) is 0 Å². The van der Waals surface area contributed by atoms with E-state index in [1.807, 2.05) is 6.92 Å². The molecule has 0 bridgehead atoms. The van der Waals surface area contributed by atoms with Crippen molar-refractivity contribution in [3.05, 3.63) is 35.4 Å². The molecule has 2 amide bonds. The minimum atomic E-state index is -0.952. The molecule has 110 valence electrons. The number of carbonyl (C=O) groups excluding carboxylic acids is 1. The highest BCUT2D eigenvalue weighted by Gasteiger charge is 2.06. The first-order chi connectivity index (χ1) is 9.52. The van der Waals surface area contributed by atoms with Crippen LogP contribution in [0.3, 0.4) is 0 Å². The lowest BCUT2D eigenvalue weighted by molar-refractivity contribution is 0.0697. The third-order valence-corrected chi connectivity index (χ3v) is 3.02. The second kappa shape index (κ2) is 8.19. The molecule has 0 radical (unpaired) electrons. The van der Waals surface area contributed by atoms with Crippen LogP contribution >= 0.6 is 0 Å². The molecule has 20 heavy (non-hydrogen) atoms. The smallest absolute Gasteiger partial charge is 0.335 e. The molecule has 0 saturated heterocycles. The summed E-state index contributed by atoms with van der Waals surface area (Å²) in [5.41, 5.74) is 1.11. The van der Waals surface area contributed by atoms with E-state index in [1.165, 1.54) is 12.1 Å². The monoisotopic (exact) mass is 278 g/mol. The maximum absolute atomic E-state index is 11.6. The van der Waals surface area contributed by atoms with Crippen molar-refractivity contribution in [1.29, 1.82) is 0 Å². The number of carboxylic acid groups (broad SMARTS) is 1. The first-order valence-corrected chi connectivity index (χ1v) is 6.89. The number of amides is 2. The summed E-state index contributed by atoms with van der Waals surface area (Å²) >= 11 is 0. The maximum Gasteiger partial charge on any atom is 0.335 e. The lowest BCUT2D eigenvalue weighted by atomic mass is 10.1. The molecule has 1 unspecified atom stereocenters. The Labute approximate surface area is 119 Å². The van der Waals surface area contributed by atoms with Gasteiger partial charge in [0.2, 0.25) is 0 Å². The van der Waals surface area contributed by atoms with Gasteiger partial charge in [0.15, 0.2) is 0 Å². The molecule has 0 heterocycles. The summed E-state index contributed by atoms with van der Waals surface area (Å²) in [7, 11) is 0. The van der Waals surface area contributed by atoms with Crippen molar-refractivity contribution in [2.45, 2.75) is 45.7 Å². The van der Waals surface area contributed by atoms with Gasteiger partial charge in [-0.15, -0.1) is 0 Å². The summed E-state index contributed by atoms with van der Waals surface area (Å²) in [6, 6.07) is 6.41. The molecule has 0 saturated carbocycles. The number of carboxylic acids is 1. The minimum Gasteiger partial charge on any atom is -0.478 e. The van der Waals surface area contributed by atoms with Gasteiger partial charge >= 0.3 is 12.0 Å². The van der Waals surface area contributed by atoms with Gasteiger partial charge in [0.1, 0.15) is 0 Å². The van der Waals surface area contributed by atoms with Crippen molar-refractivity contribution in [1.82, 2.24) is 10.6 Å². The van der Waals surface area contributed by atoms with E-state index in [9.17, 15) is 9.59 Å². The Balaban J connectivity index is 2.35. The van der Waals surface area contributed by atoms with E-state index >= 15 is 0 Å². The lowest BCUT2D eigenvalue weighted by Crippen LogP contribution is -2.40. The van der Waals surface area contributed by atoms with Gasteiger partial charge in [0, 0.05) is 12.6 Å². The summed E-state index contributed by atoms with van der Waals surface area (Å²) in [6.45, 7) is 4.48. The van der Waals surface area contributed by atoms with E-state index in [2.05, 4.69) is 17.6 Å². The van der Waals surface area contributed by atoms with Crippen LogP contribution < -0.4 is 10.6 Å². The second-order valence-electron chi connectivity index (χ2n) is 4.87. The largest absolute Gasteiger partial charge is 0.478 e. The van der Waals surface area contributed by atoms with Crippen LogP contribution in [0, 0.1) is 0 Å². The number of benzene rings is 1. The normalized spacial score (nSPS) is 11.7. The van der Waals surface area contributed by atoms with Gasteiger partial charge in [-0.05, 0) is 31.0 Å². The summed E-state index contributed by atoms with van der Waals surface area (Å²) in [5, 5.41) is 14.4. The van der Waals surface area contributed by atoms with Crippen LogP contribution in [0.25, 0.3) is 0 Å². The van der Waals surface area contributed by atoms with Gasteiger partial charge in [-0.2, -0.15) is 0 Å². The molecule has 1 aromatic carbocycles. The fraction of sp³-hybridized carbons (Fsp3) is 0.467. The number of hydrogen-bond acceptors (Lipinski definition) is 2. The van der Waals surface area contributed by atoms with Crippen LogP contribution in [0.5, 0.6) is 0 Å². The van der Waals surface area contributed by atoms with Gasteiger partial charge in [0.05, 0.1) is 5.56 Å². The van der Waals surface area contributed by atoms with Gasteiger partial charge < -0.3 is 15.7 Å². The van der Waals surface area contributed by atoms with Crippen molar-refractivity contribution in [2.24, 2.45) is 0 Å². The molecule has 0 aromatic heterocycles. The van der Waals surface area contributed by atoms with E-state index in [-0.39, 0.29) is 17.6 Å². The highest BCUT2D eigenvalue weighted by molar-refractivity contribution is 5.87. The fourth-order valence-corrected chi connectivity index (χ4v) is 1.80. The van der Waals surface area contributed by atoms with Crippen molar-refractivity contribution in [3.8, 4) is 0 Å². The average molecular weight is 278 g/mol. The average Bonchev–Trinajstić information content (AvgIpc) is 2.43. The van der Waals surface area contributed by atoms with Crippen LogP contribution in [0.4, 0.5) is 4.79 Å². The van der Waals surface area contributed by atoms with Crippen LogP contribution in [0.2, 0.25) is 0 Å². The number of unbranched alkanes of at least 4 members (excludes halogenated alkanes) is 1. The van der Waals surface area contributed by atoms with Crippen LogP contribution in [0.1, 0.15) is 49.0 Å². The van der Waals surface area contributed by atoms with Crippen molar-refractivity contribution < 1.29 is 14.7 Å². The van der Waals surface area contributed by atoms with E-state index in [0.717, 1.165) is 24.8 Å². The second-order valence-corrected chi connectivity index (χ2v) is 4.87. The quantitative estimate of drug-likeness (QED) is 0.717. The highest BCUT2D eigenvalue weighted by Crippen LogP contribution is 2.04. The highest BCUT2D eigenvalue weighted by atomic mass is 16.4. The molecule has 0 spiro atoms. The molecule has 5 heteroatoms. The summed E-state index contributed by atoms with van der Waals surface area (Å²) in [4.78, 5) is 22.4. The Morgan fingerprint density at radius 1 is 1.25 bits per heavy atom. The van der Waals surface area contributed by atoms with E-state index in [0.29, 0.717) is 6.54 Å². The fourth-order valence-electron chi connectivity index (χ4n) is 1.80. The third-order valence-electron chi connectivity index (χ3n) is 3.02. The Morgan fingerprint density at radius 3 is 2.45 bits per heavy atom. The molecule has 3 N–H and O–H groups in total. The van der Waals surface area contributed by atoms with Gasteiger partial charge in [-0.3, -0.25) is 0 Å². The Morgan fingerprint density at radius 2 is 1.90 bits per heavy atom. The van der Waals surface area contributed by atoms with Crippen LogP contribution in [-0.2, 0) is 6.54 Å². The predicted molar refractivity (Wildman–Crippen MR) is 77.8 cm³/mol. The number of urea groups is 1. The van der Waals surface area contributed by atoms with Crippen molar-refractivity contribution in [3.63, 3.8) is 0 Å². The molecular weight excluding hydrogens is 256 g/mol. The Hall–Kier alpha value is -2.04. The number of carbonyl (C=O) groups is 2. The topological polar surface area (TPSA) is 78.4 Å². The number of nitrogens with one attached hydrogen (secondary N) is 2. The minimum absolute atomic E-state index is 0.157. The molecule has 0 aliphatic carbocycles. The zero-order chi connectivity index (χ0) is 15.0. The van der Waals surface area contributed by atoms with E-state index in [4.69, 9.17) is 5.11 Å².